The highest BCUT2D eigenvalue weighted by atomic mass is 32.2. The molecule has 0 atom stereocenters. The molecule has 1 aromatic rings. The van der Waals surface area contributed by atoms with Gasteiger partial charge >= 0.3 is 0 Å². The predicted octanol–water partition coefficient (Wildman–Crippen LogP) is 1.54. The Morgan fingerprint density at radius 2 is 1.62 bits per heavy atom. The SMILES string of the molecule is CC(C)(C)C(=O)NS(=O)(=O)c1ccccc1. The van der Waals surface area contributed by atoms with Crippen molar-refractivity contribution in [3.8, 4) is 0 Å². The van der Waals surface area contributed by atoms with Gasteiger partial charge < -0.3 is 0 Å². The van der Waals surface area contributed by atoms with E-state index in [0.717, 1.165) is 0 Å². The Kier molecular flexibility index (Phi) is 3.38. The Balaban J connectivity index is 2.95. The number of carbonyl (C=O) groups excluding carboxylic acids is 1. The monoisotopic (exact) mass is 241 g/mol. The summed E-state index contributed by atoms with van der Waals surface area (Å²) in [6, 6.07) is 7.81. The maximum Gasteiger partial charge on any atom is 0.264 e. The Hall–Kier alpha value is -1.36. The molecular formula is C11H15NO3S. The normalized spacial score (nSPS) is 12.2. The minimum Gasteiger partial charge on any atom is -0.273 e. The molecule has 0 aliphatic carbocycles. The number of benzene rings is 1. The number of rotatable bonds is 2. The van der Waals surface area contributed by atoms with E-state index in [9.17, 15) is 13.2 Å². The lowest BCUT2D eigenvalue weighted by molar-refractivity contribution is -0.126. The van der Waals surface area contributed by atoms with Crippen LogP contribution in [0.15, 0.2) is 35.2 Å². The first kappa shape index (κ1) is 12.7. The fourth-order valence-corrected chi connectivity index (χ4v) is 2.12. The molecule has 5 heteroatoms. The molecule has 4 nitrogen and oxygen atoms in total. The van der Waals surface area contributed by atoms with Crippen LogP contribution in [0, 0.1) is 5.41 Å². The van der Waals surface area contributed by atoms with Crippen molar-refractivity contribution in [2.24, 2.45) is 5.41 Å². The summed E-state index contributed by atoms with van der Waals surface area (Å²) in [7, 11) is -3.74. The second kappa shape index (κ2) is 4.25. The van der Waals surface area contributed by atoms with Crippen molar-refractivity contribution in [3.05, 3.63) is 30.3 Å². The summed E-state index contributed by atoms with van der Waals surface area (Å²) in [5.41, 5.74) is -0.734. The van der Waals surface area contributed by atoms with Gasteiger partial charge in [-0.1, -0.05) is 39.0 Å². The van der Waals surface area contributed by atoms with Gasteiger partial charge in [-0.3, -0.25) is 4.79 Å². The molecule has 0 bridgehead atoms. The summed E-state index contributed by atoms with van der Waals surface area (Å²) >= 11 is 0. The molecule has 0 spiro atoms. The second-order valence-corrected chi connectivity index (χ2v) is 6.18. The highest BCUT2D eigenvalue weighted by molar-refractivity contribution is 7.90. The highest BCUT2D eigenvalue weighted by Crippen LogP contribution is 2.15. The van der Waals surface area contributed by atoms with Gasteiger partial charge in [0.2, 0.25) is 5.91 Å². The van der Waals surface area contributed by atoms with Crippen LogP contribution in [0.5, 0.6) is 0 Å². The molecule has 1 amide bonds. The van der Waals surface area contributed by atoms with Crippen molar-refractivity contribution in [2.75, 3.05) is 0 Å². The van der Waals surface area contributed by atoms with Crippen molar-refractivity contribution >= 4 is 15.9 Å². The molecule has 0 unspecified atom stereocenters. The van der Waals surface area contributed by atoms with Gasteiger partial charge in [0.15, 0.2) is 0 Å². The average molecular weight is 241 g/mol. The maximum atomic E-state index is 11.8. The topological polar surface area (TPSA) is 63.2 Å². The molecule has 0 radical (unpaired) electrons. The van der Waals surface area contributed by atoms with E-state index in [0.29, 0.717) is 0 Å². The summed E-state index contributed by atoms with van der Waals surface area (Å²) in [6.45, 7) is 4.97. The fourth-order valence-electron chi connectivity index (χ4n) is 0.934. The Bertz CT molecular complexity index is 472. The molecule has 1 N–H and O–H groups in total. The number of hydrogen-bond acceptors (Lipinski definition) is 3. The van der Waals surface area contributed by atoms with Crippen LogP contribution in [0.4, 0.5) is 0 Å². The molecule has 0 heterocycles. The van der Waals surface area contributed by atoms with E-state index < -0.39 is 21.3 Å². The Morgan fingerprint density at radius 1 is 1.12 bits per heavy atom. The van der Waals surface area contributed by atoms with Crippen LogP contribution in [0.1, 0.15) is 20.8 Å². The summed E-state index contributed by atoms with van der Waals surface area (Å²) < 4.78 is 25.6. The van der Waals surface area contributed by atoms with E-state index in [1.807, 2.05) is 4.72 Å². The van der Waals surface area contributed by atoms with Crippen LogP contribution in [0.3, 0.4) is 0 Å². The van der Waals surface area contributed by atoms with E-state index in [-0.39, 0.29) is 4.90 Å². The Labute approximate surface area is 95.7 Å². The number of sulfonamides is 1. The van der Waals surface area contributed by atoms with Crippen LogP contribution < -0.4 is 4.72 Å². The van der Waals surface area contributed by atoms with Crippen molar-refractivity contribution < 1.29 is 13.2 Å². The van der Waals surface area contributed by atoms with E-state index >= 15 is 0 Å². The molecule has 1 aromatic carbocycles. The molecule has 0 aliphatic heterocycles. The first-order valence-corrected chi connectivity index (χ1v) is 6.34. The van der Waals surface area contributed by atoms with Crippen molar-refractivity contribution in [2.45, 2.75) is 25.7 Å². The van der Waals surface area contributed by atoms with Crippen LogP contribution in [0.25, 0.3) is 0 Å². The molecule has 16 heavy (non-hydrogen) atoms. The summed E-state index contributed by atoms with van der Waals surface area (Å²) in [5, 5.41) is 0. The van der Waals surface area contributed by atoms with Gasteiger partial charge in [0, 0.05) is 5.41 Å². The van der Waals surface area contributed by atoms with Crippen LogP contribution in [-0.4, -0.2) is 14.3 Å². The Morgan fingerprint density at radius 3 is 2.06 bits per heavy atom. The van der Waals surface area contributed by atoms with Gasteiger partial charge in [0.1, 0.15) is 0 Å². The molecule has 0 aromatic heterocycles. The van der Waals surface area contributed by atoms with Gasteiger partial charge in [-0.2, -0.15) is 0 Å². The molecule has 1 rings (SSSR count). The van der Waals surface area contributed by atoms with Crippen molar-refractivity contribution in [1.82, 2.24) is 4.72 Å². The van der Waals surface area contributed by atoms with E-state index in [1.165, 1.54) is 12.1 Å². The first-order chi connectivity index (χ1) is 7.23. The average Bonchev–Trinajstić information content (AvgIpc) is 2.17. The van der Waals surface area contributed by atoms with Gasteiger partial charge in [0.05, 0.1) is 4.90 Å². The minimum absolute atomic E-state index is 0.0904. The summed E-state index contributed by atoms with van der Waals surface area (Å²) in [5.74, 6) is -0.517. The van der Waals surface area contributed by atoms with Gasteiger partial charge in [-0.15, -0.1) is 0 Å². The number of amides is 1. The van der Waals surface area contributed by atoms with E-state index in [4.69, 9.17) is 0 Å². The zero-order chi connectivity index (χ0) is 12.4. The molecule has 0 saturated carbocycles. The zero-order valence-electron chi connectivity index (χ0n) is 9.52. The zero-order valence-corrected chi connectivity index (χ0v) is 10.3. The lowest BCUT2D eigenvalue weighted by Crippen LogP contribution is -2.38. The first-order valence-electron chi connectivity index (χ1n) is 4.86. The van der Waals surface area contributed by atoms with E-state index in [1.54, 1.807) is 39.0 Å². The van der Waals surface area contributed by atoms with Crippen LogP contribution >= 0.6 is 0 Å². The minimum atomic E-state index is -3.74. The fraction of sp³-hybridized carbons (Fsp3) is 0.364. The number of nitrogens with one attached hydrogen (secondary N) is 1. The second-order valence-electron chi connectivity index (χ2n) is 4.50. The third-order valence-corrected chi connectivity index (χ3v) is 3.31. The molecule has 0 aliphatic rings. The van der Waals surface area contributed by atoms with Gasteiger partial charge in [-0.25, -0.2) is 13.1 Å². The standard InChI is InChI=1S/C11H15NO3S/c1-11(2,3)10(13)12-16(14,15)9-7-5-4-6-8-9/h4-8H,1-3H3,(H,12,13). The number of carbonyl (C=O) groups is 1. The largest absolute Gasteiger partial charge is 0.273 e. The molecular weight excluding hydrogens is 226 g/mol. The number of hydrogen-bond donors (Lipinski definition) is 1. The van der Waals surface area contributed by atoms with Crippen molar-refractivity contribution in [1.29, 1.82) is 0 Å². The predicted molar refractivity (Wildman–Crippen MR) is 61.2 cm³/mol. The smallest absolute Gasteiger partial charge is 0.264 e. The lowest BCUT2D eigenvalue weighted by Gasteiger charge is -2.17. The summed E-state index contributed by atoms with van der Waals surface area (Å²) in [6.07, 6.45) is 0. The van der Waals surface area contributed by atoms with Crippen LogP contribution in [-0.2, 0) is 14.8 Å². The maximum absolute atomic E-state index is 11.8. The quantitative estimate of drug-likeness (QED) is 0.854. The highest BCUT2D eigenvalue weighted by Gasteiger charge is 2.26. The lowest BCUT2D eigenvalue weighted by atomic mass is 9.96. The molecule has 88 valence electrons. The molecule has 0 saturated heterocycles. The van der Waals surface area contributed by atoms with Gasteiger partial charge in [-0.05, 0) is 12.1 Å². The molecule has 0 fully saturated rings. The summed E-state index contributed by atoms with van der Waals surface area (Å²) in [4.78, 5) is 11.7. The van der Waals surface area contributed by atoms with E-state index in [2.05, 4.69) is 0 Å². The van der Waals surface area contributed by atoms with Crippen LogP contribution in [0.2, 0.25) is 0 Å². The third kappa shape index (κ3) is 3.06. The van der Waals surface area contributed by atoms with Crippen molar-refractivity contribution in [3.63, 3.8) is 0 Å². The third-order valence-electron chi connectivity index (χ3n) is 1.96. The van der Waals surface area contributed by atoms with Gasteiger partial charge in [0.25, 0.3) is 10.0 Å².